The Hall–Kier alpha value is -2.77. The SMILES string of the molecule is CNC(=O)c1cccc(C2CN(C(=O)C3(Cc4ccccc4F)CCOCC3)CCN2C)c1. The second-order valence-corrected chi connectivity index (χ2v) is 9.11. The lowest BCUT2D eigenvalue weighted by atomic mass is 9.73. The minimum atomic E-state index is -0.662. The van der Waals surface area contributed by atoms with Gasteiger partial charge in [-0.3, -0.25) is 14.5 Å². The molecule has 0 bridgehead atoms. The van der Waals surface area contributed by atoms with Crippen LogP contribution in [0, 0.1) is 11.2 Å². The molecule has 0 radical (unpaired) electrons. The molecule has 2 fully saturated rings. The lowest BCUT2D eigenvalue weighted by molar-refractivity contribution is -0.151. The number of amides is 2. The van der Waals surface area contributed by atoms with Crippen molar-refractivity contribution in [3.05, 3.63) is 71.0 Å². The molecule has 2 amide bonds. The van der Waals surface area contributed by atoms with Crippen LogP contribution in [0.3, 0.4) is 0 Å². The average molecular weight is 454 g/mol. The molecule has 0 aromatic heterocycles. The highest BCUT2D eigenvalue weighted by Gasteiger charge is 2.44. The smallest absolute Gasteiger partial charge is 0.251 e. The zero-order valence-electron chi connectivity index (χ0n) is 19.4. The summed E-state index contributed by atoms with van der Waals surface area (Å²) in [6, 6.07) is 14.3. The molecule has 2 aromatic rings. The minimum Gasteiger partial charge on any atom is -0.381 e. The van der Waals surface area contributed by atoms with Crippen LogP contribution in [0.4, 0.5) is 4.39 Å². The maximum absolute atomic E-state index is 14.5. The second-order valence-electron chi connectivity index (χ2n) is 9.11. The van der Waals surface area contributed by atoms with Crippen molar-refractivity contribution in [2.24, 2.45) is 5.41 Å². The fourth-order valence-electron chi connectivity index (χ4n) is 5.02. The summed E-state index contributed by atoms with van der Waals surface area (Å²) in [5.74, 6) is -0.317. The number of rotatable bonds is 5. The standard InChI is InChI=1S/C26H32FN3O3/c1-28-24(31)20-8-5-7-19(16-20)23-18-30(13-12-29(23)2)25(32)26(10-14-33-15-11-26)17-21-6-3-4-9-22(21)27/h3-9,16,23H,10-15,17-18H2,1-2H3,(H,28,31). The first-order chi connectivity index (χ1) is 15.9. The Kier molecular flexibility index (Phi) is 7.10. The molecule has 2 aliphatic rings. The van der Waals surface area contributed by atoms with Crippen molar-refractivity contribution < 1.29 is 18.7 Å². The highest BCUT2D eigenvalue weighted by Crippen LogP contribution is 2.38. The van der Waals surface area contributed by atoms with Gasteiger partial charge in [-0.25, -0.2) is 4.39 Å². The third-order valence-corrected chi connectivity index (χ3v) is 7.09. The highest BCUT2D eigenvalue weighted by atomic mass is 19.1. The van der Waals surface area contributed by atoms with E-state index in [0.29, 0.717) is 56.7 Å². The van der Waals surface area contributed by atoms with E-state index in [9.17, 15) is 14.0 Å². The van der Waals surface area contributed by atoms with E-state index in [1.807, 2.05) is 36.2 Å². The van der Waals surface area contributed by atoms with Crippen molar-refractivity contribution in [3.63, 3.8) is 0 Å². The van der Waals surface area contributed by atoms with Crippen LogP contribution in [-0.2, 0) is 16.0 Å². The topological polar surface area (TPSA) is 61.9 Å². The number of nitrogens with zero attached hydrogens (tertiary/aromatic N) is 2. The fraction of sp³-hybridized carbons (Fsp3) is 0.462. The molecule has 1 N–H and O–H groups in total. The van der Waals surface area contributed by atoms with E-state index in [1.165, 1.54) is 6.07 Å². The van der Waals surface area contributed by atoms with Gasteiger partial charge in [-0.15, -0.1) is 0 Å². The van der Waals surface area contributed by atoms with E-state index in [0.717, 1.165) is 12.1 Å². The molecule has 0 aliphatic carbocycles. The molecule has 2 saturated heterocycles. The first-order valence-electron chi connectivity index (χ1n) is 11.6. The first-order valence-corrected chi connectivity index (χ1v) is 11.6. The monoisotopic (exact) mass is 453 g/mol. The van der Waals surface area contributed by atoms with Gasteiger partial charge in [-0.05, 0) is 55.6 Å². The highest BCUT2D eigenvalue weighted by molar-refractivity contribution is 5.94. The van der Waals surface area contributed by atoms with E-state index in [-0.39, 0.29) is 23.7 Å². The number of carbonyl (C=O) groups is 2. The van der Waals surface area contributed by atoms with Crippen molar-refractivity contribution in [3.8, 4) is 0 Å². The molecule has 33 heavy (non-hydrogen) atoms. The Labute approximate surface area is 194 Å². The first kappa shape index (κ1) is 23.4. The summed E-state index contributed by atoms with van der Waals surface area (Å²) in [5.41, 5.74) is 1.53. The number of ether oxygens (including phenoxy) is 1. The second kappa shape index (κ2) is 10.0. The Morgan fingerprint density at radius 3 is 2.61 bits per heavy atom. The average Bonchev–Trinajstić information content (AvgIpc) is 2.85. The van der Waals surface area contributed by atoms with Crippen molar-refractivity contribution in [2.45, 2.75) is 25.3 Å². The normalized spacial score (nSPS) is 20.9. The predicted molar refractivity (Wildman–Crippen MR) is 124 cm³/mol. The van der Waals surface area contributed by atoms with Gasteiger partial charge in [0.15, 0.2) is 0 Å². The maximum Gasteiger partial charge on any atom is 0.251 e. The molecule has 0 spiro atoms. The van der Waals surface area contributed by atoms with Crippen LogP contribution in [-0.4, -0.2) is 68.6 Å². The molecule has 0 saturated carbocycles. The molecule has 2 aliphatic heterocycles. The van der Waals surface area contributed by atoms with Gasteiger partial charge in [-0.1, -0.05) is 30.3 Å². The van der Waals surface area contributed by atoms with Gasteiger partial charge in [0.05, 0.1) is 11.5 Å². The summed E-state index contributed by atoms with van der Waals surface area (Å²) < 4.78 is 20.1. The largest absolute Gasteiger partial charge is 0.381 e. The molecular formula is C26H32FN3O3. The molecule has 6 nitrogen and oxygen atoms in total. The van der Waals surface area contributed by atoms with Crippen LogP contribution in [0.2, 0.25) is 0 Å². The van der Waals surface area contributed by atoms with Gasteiger partial charge in [-0.2, -0.15) is 0 Å². The van der Waals surface area contributed by atoms with Gasteiger partial charge in [0.2, 0.25) is 5.91 Å². The summed E-state index contributed by atoms with van der Waals surface area (Å²) >= 11 is 0. The predicted octanol–water partition coefficient (Wildman–Crippen LogP) is 3.04. The van der Waals surface area contributed by atoms with Crippen LogP contribution in [0.1, 0.15) is 40.4 Å². The van der Waals surface area contributed by atoms with Crippen LogP contribution >= 0.6 is 0 Å². The zero-order chi connectivity index (χ0) is 23.4. The molecule has 1 unspecified atom stereocenters. The maximum atomic E-state index is 14.5. The number of benzene rings is 2. The zero-order valence-corrected chi connectivity index (χ0v) is 19.4. The van der Waals surface area contributed by atoms with E-state index in [4.69, 9.17) is 4.74 Å². The van der Waals surface area contributed by atoms with Crippen molar-refractivity contribution in [1.82, 2.24) is 15.1 Å². The van der Waals surface area contributed by atoms with Gasteiger partial charge in [0.1, 0.15) is 5.82 Å². The summed E-state index contributed by atoms with van der Waals surface area (Å²) in [4.78, 5) is 30.2. The number of hydrogen-bond acceptors (Lipinski definition) is 4. The molecule has 7 heteroatoms. The molecule has 2 heterocycles. The summed E-state index contributed by atoms with van der Waals surface area (Å²) in [5, 5.41) is 2.67. The van der Waals surface area contributed by atoms with Gasteiger partial charge in [0, 0.05) is 45.5 Å². The third-order valence-electron chi connectivity index (χ3n) is 7.09. The molecule has 1 atom stereocenters. The summed E-state index contributed by atoms with van der Waals surface area (Å²) in [6.45, 7) is 2.90. The van der Waals surface area contributed by atoms with E-state index >= 15 is 0 Å². The van der Waals surface area contributed by atoms with Crippen LogP contribution in [0.25, 0.3) is 0 Å². The Balaban J connectivity index is 1.58. The summed E-state index contributed by atoms with van der Waals surface area (Å²) in [7, 11) is 3.66. The number of hydrogen-bond donors (Lipinski definition) is 1. The number of likely N-dealkylation sites (N-methyl/N-ethyl adjacent to an activating group) is 1. The number of halogens is 1. The van der Waals surface area contributed by atoms with Gasteiger partial charge < -0.3 is 15.0 Å². The minimum absolute atomic E-state index is 0.0161. The molecule has 2 aromatic carbocycles. The number of carbonyl (C=O) groups excluding carboxylic acids is 2. The number of nitrogens with one attached hydrogen (secondary N) is 1. The van der Waals surface area contributed by atoms with Gasteiger partial charge >= 0.3 is 0 Å². The number of piperazine rings is 1. The quantitative estimate of drug-likeness (QED) is 0.756. The van der Waals surface area contributed by atoms with Crippen molar-refractivity contribution >= 4 is 11.8 Å². The lowest BCUT2D eigenvalue weighted by Crippen LogP contribution is -2.55. The van der Waals surface area contributed by atoms with E-state index < -0.39 is 5.41 Å². The molecular weight excluding hydrogens is 421 g/mol. The summed E-state index contributed by atoms with van der Waals surface area (Å²) in [6.07, 6.45) is 1.55. The molecule has 176 valence electrons. The van der Waals surface area contributed by atoms with Crippen molar-refractivity contribution in [1.29, 1.82) is 0 Å². The Morgan fingerprint density at radius 2 is 1.88 bits per heavy atom. The molecule has 4 rings (SSSR count). The van der Waals surface area contributed by atoms with Gasteiger partial charge in [0.25, 0.3) is 5.91 Å². The van der Waals surface area contributed by atoms with E-state index in [2.05, 4.69) is 10.2 Å². The van der Waals surface area contributed by atoms with Crippen LogP contribution < -0.4 is 5.32 Å². The Bertz CT molecular complexity index is 1010. The Morgan fingerprint density at radius 1 is 1.12 bits per heavy atom. The fourth-order valence-corrected chi connectivity index (χ4v) is 5.02. The van der Waals surface area contributed by atoms with E-state index in [1.54, 1.807) is 25.2 Å². The van der Waals surface area contributed by atoms with Crippen LogP contribution in [0.15, 0.2) is 48.5 Å². The lowest BCUT2D eigenvalue weighted by Gasteiger charge is -2.45. The van der Waals surface area contributed by atoms with Crippen molar-refractivity contribution in [2.75, 3.05) is 46.9 Å². The third kappa shape index (κ3) is 4.94. The van der Waals surface area contributed by atoms with Crippen LogP contribution in [0.5, 0.6) is 0 Å².